The first-order chi connectivity index (χ1) is 7.77. The van der Waals surface area contributed by atoms with E-state index in [2.05, 4.69) is 30.4 Å². The van der Waals surface area contributed by atoms with Gasteiger partial charge in [-0.3, -0.25) is 0 Å². The lowest BCUT2D eigenvalue weighted by atomic mass is 10.1. The third-order valence-electron chi connectivity index (χ3n) is 2.33. The lowest BCUT2D eigenvalue weighted by Gasteiger charge is -2.09. The summed E-state index contributed by atoms with van der Waals surface area (Å²) in [5, 5.41) is 11.4. The van der Waals surface area contributed by atoms with Crippen LogP contribution in [-0.2, 0) is 6.42 Å². The van der Waals surface area contributed by atoms with Crippen LogP contribution in [0.5, 0.6) is 5.75 Å². The molecule has 0 heterocycles. The molecule has 0 aliphatic carbocycles. The van der Waals surface area contributed by atoms with E-state index in [0.29, 0.717) is 13.2 Å². The maximum absolute atomic E-state index is 8.37. The van der Waals surface area contributed by atoms with Gasteiger partial charge in [-0.05, 0) is 37.5 Å². The van der Waals surface area contributed by atoms with Gasteiger partial charge in [0.05, 0.1) is 19.2 Å². The first-order valence-electron chi connectivity index (χ1n) is 5.58. The van der Waals surface area contributed by atoms with Crippen molar-refractivity contribution in [2.24, 2.45) is 0 Å². The van der Waals surface area contributed by atoms with Crippen molar-refractivity contribution >= 4 is 0 Å². The van der Waals surface area contributed by atoms with Crippen molar-refractivity contribution in [2.45, 2.75) is 20.3 Å². The maximum Gasteiger partial charge on any atom is 0.122 e. The molecule has 1 rings (SSSR count). The molecule has 0 aromatic heterocycles. The number of nitrogens with zero attached hydrogens (tertiary/aromatic N) is 1. The Kier molecular flexibility index (Phi) is 5.38. The highest BCUT2D eigenvalue weighted by Crippen LogP contribution is 2.19. The van der Waals surface area contributed by atoms with Gasteiger partial charge in [-0.2, -0.15) is 5.26 Å². The van der Waals surface area contributed by atoms with E-state index in [1.807, 2.05) is 13.0 Å². The van der Waals surface area contributed by atoms with Gasteiger partial charge in [0.1, 0.15) is 5.75 Å². The standard InChI is InChI=1S/C13H18N2O/c1-3-16-13-5-4-12(10-11(13)2)6-8-15-9-7-14/h4-5,10,15H,3,6,8-9H2,1-2H3. The van der Waals surface area contributed by atoms with Crippen LogP contribution in [0.25, 0.3) is 0 Å². The molecule has 0 fully saturated rings. The summed E-state index contributed by atoms with van der Waals surface area (Å²) in [6, 6.07) is 8.29. The molecular formula is C13H18N2O. The van der Waals surface area contributed by atoms with Gasteiger partial charge < -0.3 is 10.1 Å². The minimum Gasteiger partial charge on any atom is -0.494 e. The minimum atomic E-state index is 0.413. The second kappa shape index (κ2) is 6.86. The van der Waals surface area contributed by atoms with Crippen molar-refractivity contribution in [3.05, 3.63) is 29.3 Å². The van der Waals surface area contributed by atoms with E-state index in [4.69, 9.17) is 10.00 Å². The van der Waals surface area contributed by atoms with Gasteiger partial charge in [-0.15, -0.1) is 0 Å². The summed E-state index contributed by atoms with van der Waals surface area (Å²) in [4.78, 5) is 0. The van der Waals surface area contributed by atoms with Gasteiger partial charge in [-0.1, -0.05) is 12.1 Å². The highest BCUT2D eigenvalue weighted by molar-refractivity contribution is 5.36. The fourth-order valence-electron chi connectivity index (χ4n) is 1.56. The van der Waals surface area contributed by atoms with Crippen LogP contribution in [-0.4, -0.2) is 19.7 Å². The minimum absolute atomic E-state index is 0.413. The van der Waals surface area contributed by atoms with Crippen LogP contribution in [0.15, 0.2) is 18.2 Å². The Morgan fingerprint density at radius 3 is 2.88 bits per heavy atom. The quantitative estimate of drug-likeness (QED) is 0.587. The summed E-state index contributed by atoms with van der Waals surface area (Å²) in [5.74, 6) is 0.955. The van der Waals surface area contributed by atoms with E-state index in [0.717, 1.165) is 18.7 Å². The Bertz CT molecular complexity index is 369. The molecule has 0 aliphatic heterocycles. The molecule has 0 amide bonds. The van der Waals surface area contributed by atoms with Crippen molar-refractivity contribution in [1.82, 2.24) is 5.32 Å². The van der Waals surface area contributed by atoms with Crippen molar-refractivity contribution in [3.63, 3.8) is 0 Å². The molecule has 0 spiro atoms. The Morgan fingerprint density at radius 1 is 1.44 bits per heavy atom. The first-order valence-corrected chi connectivity index (χ1v) is 5.58. The lowest BCUT2D eigenvalue weighted by Crippen LogP contribution is -2.17. The summed E-state index contributed by atoms with van der Waals surface area (Å²) in [5.41, 5.74) is 2.44. The molecule has 0 bridgehead atoms. The average Bonchev–Trinajstić information content (AvgIpc) is 2.28. The lowest BCUT2D eigenvalue weighted by molar-refractivity contribution is 0.338. The normalized spacial score (nSPS) is 9.81. The van der Waals surface area contributed by atoms with Crippen LogP contribution in [0.4, 0.5) is 0 Å². The number of rotatable bonds is 6. The predicted octanol–water partition coefficient (Wildman–Crippen LogP) is 2.05. The molecule has 1 aromatic rings. The molecule has 0 unspecified atom stereocenters. The van der Waals surface area contributed by atoms with E-state index in [-0.39, 0.29) is 0 Å². The highest BCUT2D eigenvalue weighted by Gasteiger charge is 2.00. The molecule has 3 heteroatoms. The average molecular weight is 218 g/mol. The molecule has 0 saturated heterocycles. The molecule has 0 atom stereocenters. The van der Waals surface area contributed by atoms with Crippen molar-refractivity contribution < 1.29 is 4.74 Å². The zero-order valence-corrected chi connectivity index (χ0v) is 9.92. The molecule has 3 nitrogen and oxygen atoms in total. The number of hydrogen-bond acceptors (Lipinski definition) is 3. The van der Waals surface area contributed by atoms with Crippen LogP contribution >= 0.6 is 0 Å². The first kappa shape index (κ1) is 12.5. The molecule has 0 radical (unpaired) electrons. The molecule has 0 aliphatic rings. The Hall–Kier alpha value is -1.53. The summed E-state index contributed by atoms with van der Waals surface area (Å²) < 4.78 is 5.48. The number of benzene rings is 1. The molecule has 0 saturated carbocycles. The number of ether oxygens (including phenoxy) is 1. The van der Waals surface area contributed by atoms with E-state index < -0.39 is 0 Å². The van der Waals surface area contributed by atoms with E-state index in [9.17, 15) is 0 Å². The summed E-state index contributed by atoms with van der Waals surface area (Å²) in [6.45, 7) is 5.98. The molecule has 16 heavy (non-hydrogen) atoms. The number of hydrogen-bond donors (Lipinski definition) is 1. The second-order valence-electron chi connectivity index (χ2n) is 3.62. The van der Waals surface area contributed by atoms with Crippen molar-refractivity contribution in [3.8, 4) is 11.8 Å². The van der Waals surface area contributed by atoms with Gasteiger partial charge in [0.15, 0.2) is 0 Å². The monoisotopic (exact) mass is 218 g/mol. The Balaban J connectivity index is 2.50. The van der Waals surface area contributed by atoms with Crippen LogP contribution < -0.4 is 10.1 Å². The zero-order chi connectivity index (χ0) is 11.8. The highest BCUT2D eigenvalue weighted by atomic mass is 16.5. The van der Waals surface area contributed by atoms with Gasteiger partial charge in [0.25, 0.3) is 0 Å². The molecule has 86 valence electrons. The zero-order valence-electron chi connectivity index (χ0n) is 9.92. The van der Waals surface area contributed by atoms with Crippen LogP contribution in [0.1, 0.15) is 18.1 Å². The Labute approximate surface area is 97.0 Å². The smallest absolute Gasteiger partial charge is 0.122 e. The predicted molar refractivity (Wildman–Crippen MR) is 64.5 cm³/mol. The molecule has 1 aromatic carbocycles. The van der Waals surface area contributed by atoms with Gasteiger partial charge in [0.2, 0.25) is 0 Å². The van der Waals surface area contributed by atoms with Crippen LogP contribution in [0.3, 0.4) is 0 Å². The third kappa shape index (κ3) is 3.92. The van der Waals surface area contributed by atoms with Crippen molar-refractivity contribution in [1.29, 1.82) is 5.26 Å². The number of nitrogens with one attached hydrogen (secondary N) is 1. The summed E-state index contributed by atoms with van der Waals surface area (Å²) in [6.07, 6.45) is 0.939. The fraction of sp³-hybridized carbons (Fsp3) is 0.462. The fourth-order valence-corrected chi connectivity index (χ4v) is 1.56. The Morgan fingerprint density at radius 2 is 2.25 bits per heavy atom. The number of nitriles is 1. The SMILES string of the molecule is CCOc1ccc(CCNCC#N)cc1C. The van der Waals surface area contributed by atoms with Crippen molar-refractivity contribution in [2.75, 3.05) is 19.7 Å². The maximum atomic E-state index is 8.37. The summed E-state index contributed by atoms with van der Waals surface area (Å²) >= 11 is 0. The molecule has 1 N–H and O–H groups in total. The third-order valence-corrected chi connectivity index (χ3v) is 2.33. The summed E-state index contributed by atoms with van der Waals surface area (Å²) in [7, 11) is 0. The topological polar surface area (TPSA) is 45.0 Å². The van der Waals surface area contributed by atoms with Gasteiger partial charge in [-0.25, -0.2) is 0 Å². The number of aryl methyl sites for hydroxylation is 1. The van der Waals surface area contributed by atoms with Crippen LogP contribution in [0.2, 0.25) is 0 Å². The van der Waals surface area contributed by atoms with E-state index >= 15 is 0 Å². The van der Waals surface area contributed by atoms with Crippen LogP contribution in [0, 0.1) is 18.3 Å². The largest absolute Gasteiger partial charge is 0.494 e. The van der Waals surface area contributed by atoms with E-state index in [1.165, 1.54) is 11.1 Å². The van der Waals surface area contributed by atoms with Gasteiger partial charge >= 0.3 is 0 Å². The van der Waals surface area contributed by atoms with Gasteiger partial charge in [0, 0.05) is 6.54 Å². The second-order valence-corrected chi connectivity index (χ2v) is 3.62. The van der Waals surface area contributed by atoms with E-state index in [1.54, 1.807) is 0 Å². The molecular weight excluding hydrogens is 200 g/mol.